The van der Waals surface area contributed by atoms with Gasteiger partial charge in [0.15, 0.2) is 5.82 Å². The summed E-state index contributed by atoms with van der Waals surface area (Å²) >= 11 is 0. The number of hydrogen-bond donors (Lipinski definition) is 1. The molecule has 2 aliphatic heterocycles. The topological polar surface area (TPSA) is 53.5 Å². The third-order valence-electron chi connectivity index (χ3n) is 6.80. The van der Waals surface area contributed by atoms with Gasteiger partial charge in [-0.15, -0.1) is 0 Å². The Labute approximate surface area is 187 Å². The smallest absolute Gasteiger partial charge is 0.161 e. The van der Waals surface area contributed by atoms with Crippen molar-refractivity contribution < 1.29 is 4.74 Å². The quantitative estimate of drug-likeness (QED) is 0.686. The van der Waals surface area contributed by atoms with Crippen LogP contribution >= 0.6 is 0 Å². The summed E-state index contributed by atoms with van der Waals surface area (Å²) in [5.74, 6) is 2.45. The first-order valence-electron chi connectivity index (χ1n) is 11.8. The van der Waals surface area contributed by atoms with E-state index in [9.17, 15) is 0 Å². The lowest BCUT2D eigenvalue weighted by atomic mass is 9.89. The van der Waals surface area contributed by atoms with Crippen LogP contribution in [-0.2, 0) is 4.74 Å². The molecule has 0 radical (unpaired) electrons. The highest BCUT2D eigenvalue weighted by molar-refractivity contribution is 5.60. The standard InChI is InChI=1S/C25H37N5O/c1-19-20(2)27-25(28-24(19)26-11-4-12-30-15-17-31-18-16-30)23-7-5-21(6-8-23)22-9-13-29(3)14-10-22/h5-8,22H,4,9-18H2,1-3H3,(H,26,27,28). The van der Waals surface area contributed by atoms with Crippen molar-refractivity contribution in [1.82, 2.24) is 19.8 Å². The highest BCUT2D eigenvalue weighted by Crippen LogP contribution is 2.29. The first-order chi connectivity index (χ1) is 15.1. The van der Waals surface area contributed by atoms with Crippen LogP contribution in [0.5, 0.6) is 0 Å². The van der Waals surface area contributed by atoms with Gasteiger partial charge in [-0.1, -0.05) is 24.3 Å². The lowest BCUT2D eigenvalue weighted by Gasteiger charge is -2.29. The molecule has 168 valence electrons. The van der Waals surface area contributed by atoms with Crippen molar-refractivity contribution in [1.29, 1.82) is 0 Å². The Hall–Kier alpha value is -2.02. The number of aromatic nitrogens is 2. The Morgan fingerprint density at radius 1 is 1.00 bits per heavy atom. The monoisotopic (exact) mass is 423 g/mol. The molecule has 31 heavy (non-hydrogen) atoms. The number of hydrogen-bond acceptors (Lipinski definition) is 6. The molecular formula is C25H37N5O. The first-order valence-corrected chi connectivity index (χ1v) is 11.8. The van der Waals surface area contributed by atoms with E-state index >= 15 is 0 Å². The minimum Gasteiger partial charge on any atom is -0.379 e. The van der Waals surface area contributed by atoms with E-state index in [0.29, 0.717) is 5.92 Å². The van der Waals surface area contributed by atoms with E-state index in [0.717, 1.165) is 74.3 Å². The summed E-state index contributed by atoms with van der Waals surface area (Å²) in [7, 11) is 2.21. The fraction of sp³-hybridized carbons (Fsp3) is 0.600. The molecule has 0 amide bonds. The number of likely N-dealkylation sites (tertiary alicyclic amines) is 1. The van der Waals surface area contributed by atoms with Crippen molar-refractivity contribution in [2.24, 2.45) is 0 Å². The van der Waals surface area contributed by atoms with E-state index in [1.165, 1.54) is 31.5 Å². The summed E-state index contributed by atoms with van der Waals surface area (Å²) < 4.78 is 5.43. The number of aryl methyl sites for hydroxylation is 1. The van der Waals surface area contributed by atoms with Gasteiger partial charge in [-0.3, -0.25) is 4.90 Å². The molecule has 1 aromatic heterocycles. The van der Waals surface area contributed by atoms with Crippen LogP contribution in [0, 0.1) is 13.8 Å². The first kappa shape index (κ1) is 22.2. The Balaban J connectivity index is 1.38. The normalized spacial score (nSPS) is 18.9. The predicted molar refractivity (Wildman–Crippen MR) is 127 cm³/mol. The van der Waals surface area contributed by atoms with Gasteiger partial charge in [0.25, 0.3) is 0 Å². The van der Waals surface area contributed by atoms with Crippen LogP contribution in [-0.4, -0.2) is 79.3 Å². The fourth-order valence-electron chi connectivity index (χ4n) is 4.51. The molecule has 0 bridgehead atoms. The minimum absolute atomic E-state index is 0.676. The highest BCUT2D eigenvalue weighted by Gasteiger charge is 2.18. The van der Waals surface area contributed by atoms with E-state index in [1.54, 1.807) is 0 Å². The van der Waals surface area contributed by atoms with Crippen LogP contribution in [0.3, 0.4) is 0 Å². The molecule has 4 rings (SSSR count). The average molecular weight is 424 g/mol. The van der Waals surface area contributed by atoms with E-state index in [1.807, 2.05) is 0 Å². The van der Waals surface area contributed by atoms with Gasteiger partial charge in [0, 0.05) is 36.5 Å². The lowest BCUT2D eigenvalue weighted by Crippen LogP contribution is -2.37. The molecule has 2 saturated heterocycles. The molecule has 0 atom stereocenters. The minimum atomic E-state index is 0.676. The van der Waals surface area contributed by atoms with Crippen molar-refractivity contribution in [3.05, 3.63) is 41.1 Å². The Bertz CT molecular complexity index is 840. The van der Waals surface area contributed by atoms with Crippen molar-refractivity contribution in [2.75, 3.05) is 64.8 Å². The highest BCUT2D eigenvalue weighted by atomic mass is 16.5. The Kier molecular flexibility index (Phi) is 7.54. The SMILES string of the molecule is Cc1nc(-c2ccc(C3CCN(C)CC3)cc2)nc(NCCCN2CCOCC2)c1C. The molecular weight excluding hydrogens is 386 g/mol. The molecule has 0 spiro atoms. The second-order valence-electron chi connectivity index (χ2n) is 9.04. The molecule has 0 unspecified atom stereocenters. The van der Waals surface area contributed by atoms with Crippen molar-refractivity contribution in [3.63, 3.8) is 0 Å². The number of ether oxygens (including phenoxy) is 1. The zero-order valence-corrected chi connectivity index (χ0v) is 19.4. The van der Waals surface area contributed by atoms with Crippen LogP contribution < -0.4 is 5.32 Å². The van der Waals surface area contributed by atoms with Crippen molar-refractivity contribution in [3.8, 4) is 11.4 Å². The van der Waals surface area contributed by atoms with Gasteiger partial charge in [0.2, 0.25) is 0 Å². The van der Waals surface area contributed by atoms with E-state index < -0.39 is 0 Å². The molecule has 3 heterocycles. The summed E-state index contributed by atoms with van der Waals surface area (Å²) in [6.45, 7) is 12.4. The molecule has 2 aliphatic rings. The number of anilines is 1. The molecule has 2 aromatic rings. The molecule has 1 aromatic carbocycles. The van der Waals surface area contributed by atoms with Gasteiger partial charge in [0.1, 0.15) is 5.82 Å². The zero-order valence-electron chi connectivity index (χ0n) is 19.4. The molecule has 6 nitrogen and oxygen atoms in total. The van der Waals surface area contributed by atoms with E-state index in [4.69, 9.17) is 14.7 Å². The number of morpholine rings is 1. The predicted octanol–water partition coefficient (Wildman–Crippen LogP) is 3.70. The van der Waals surface area contributed by atoms with Crippen LogP contribution in [0.1, 0.15) is 42.0 Å². The number of piperidine rings is 1. The summed E-state index contributed by atoms with van der Waals surface area (Å²) in [5.41, 5.74) is 4.72. The largest absolute Gasteiger partial charge is 0.379 e. The summed E-state index contributed by atoms with van der Waals surface area (Å²) in [6.07, 6.45) is 3.59. The van der Waals surface area contributed by atoms with Gasteiger partial charge in [-0.25, -0.2) is 9.97 Å². The summed E-state index contributed by atoms with van der Waals surface area (Å²) in [4.78, 5) is 14.5. The van der Waals surface area contributed by atoms with Gasteiger partial charge in [-0.05, 0) is 71.3 Å². The Morgan fingerprint density at radius 3 is 2.42 bits per heavy atom. The number of nitrogens with one attached hydrogen (secondary N) is 1. The molecule has 2 fully saturated rings. The maximum Gasteiger partial charge on any atom is 0.161 e. The molecule has 0 aliphatic carbocycles. The number of benzene rings is 1. The second kappa shape index (κ2) is 10.5. The van der Waals surface area contributed by atoms with E-state index in [-0.39, 0.29) is 0 Å². The average Bonchev–Trinajstić information content (AvgIpc) is 2.80. The van der Waals surface area contributed by atoms with Crippen LogP contribution in [0.4, 0.5) is 5.82 Å². The van der Waals surface area contributed by atoms with Crippen molar-refractivity contribution >= 4 is 5.82 Å². The van der Waals surface area contributed by atoms with Crippen LogP contribution in [0.25, 0.3) is 11.4 Å². The number of rotatable bonds is 7. The molecule has 6 heteroatoms. The van der Waals surface area contributed by atoms with Crippen LogP contribution in [0.15, 0.2) is 24.3 Å². The van der Waals surface area contributed by atoms with Gasteiger partial charge < -0.3 is 15.0 Å². The van der Waals surface area contributed by atoms with Gasteiger partial charge >= 0.3 is 0 Å². The van der Waals surface area contributed by atoms with Crippen molar-refractivity contribution in [2.45, 2.75) is 39.0 Å². The number of nitrogens with zero attached hydrogens (tertiary/aromatic N) is 4. The second-order valence-corrected chi connectivity index (χ2v) is 9.04. The summed E-state index contributed by atoms with van der Waals surface area (Å²) in [6, 6.07) is 8.94. The maximum absolute atomic E-state index is 5.43. The fourth-order valence-corrected chi connectivity index (χ4v) is 4.51. The van der Waals surface area contributed by atoms with Gasteiger partial charge in [0.05, 0.1) is 13.2 Å². The van der Waals surface area contributed by atoms with Crippen LogP contribution in [0.2, 0.25) is 0 Å². The van der Waals surface area contributed by atoms with Gasteiger partial charge in [-0.2, -0.15) is 0 Å². The maximum atomic E-state index is 5.43. The molecule has 1 N–H and O–H groups in total. The Morgan fingerprint density at radius 2 is 1.71 bits per heavy atom. The molecule has 0 saturated carbocycles. The zero-order chi connectivity index (χ0) is 21.6. The lowest BCUT2D eigenvalue weighted by molar-refractivity contribution is 0.0378. The third-order valence-corrected chi connectivity index (χ3v) is 6.80. The third kappa shape index (κ3) is 5.82. The summed E-state index contributed by atoms with van der Waals surface area (Å²) in [5, 5.41) is 3.56. The van der Waals surface area contributed by atoms with E-state index in [2.05, 4.69) is 60.3 Å².